The number of carbonyl (C=O) groups is 1. The maximum absolute atomic E-state index is 13.2. The van der Waals surface area contributed by atoms with Gasteiger partial charge in [0.15, 0.2) is 0 Å². The Morgan fingerprint density at radius 1 is 1.17 bits per heavy atom. The molecule has 7 heteroatoms. The van der Waals surface area contributed by atoms with Crippen molar-refractivity contribution in [3.8, 4) is 11.5 Å². The molecule has 1 saturated heterocycles. The maximum Gasteiger partial charge on any atom is 0.244 e. The van der Waals surface area contributed by atoms with E-state index in [-0.39, 0.29) is 23.9 Å². The number of fused-ring (bicyclic) bond motifs is 1. The Hall–Kier alpha value is -3.35. The van der Waals surface area contributed by atoms with Gasteiger partial charge >= 0.3 is 0 Å². The van der Waals surface area contributed by atoms with Gasteiger partial charge in [0.25, 0.3) is 0 Å². The van der Waals surface area contributed by atoms with Gasteiger partial charge in [-0.25, -0.2) is 0 Å². The minimum Gasteiger partial charge on any atom is -0.497 e. The summed E-state index contributed by atoms with van der Waals surface area (Å²) in [7, 11) is 3.25. The lowest BCUT2D eigenvalue weighted by atomic mass is 10.0. The molecule has 0 spiro atoms. The number of nitrogens with zero attached hydrogens (tertiary/aromatic N) is 3. The molecule has 1 amide bonds. The number of carbonyl (C=O) groups excluding carboxylic acids is 1. The predicted octanol–water partition coefficient (Wildman–Crippen LogP) is 2.78. The molecule has 2 aromatic carbocycles. The van der Waals surface area contributed by atoms with Gasteiger partial charge in [0.1, 0.15) is 18.0 Å². The molecule has 1 fully saturated rings. The van der Waals surface area contributed by atoms with E-state index in [1.807, 2.05) is 41.3 Å². The molecule has 0 radical (unpaired) electrons. The molecular formula is C22H23N3O4. The highest BCUT2D eigenvalue weighted by Crippen LogP contribution is 2.39. The maximum atomic E-state index is 13.2. The fraction of sp³-hybridized carbons (Fsp3) is 0.318. The minimum absolute atomic E-state index is 0.0429. The number of benzene rings is 2. The first-order chi connectivity index (χ1) is 14.1. The van der Waals surface area contributed by atoms with Gasteiger partial charge in [-0.05, 0) is 43.2 Å². The molecule has 1 aliphatic heterocycles. The SMILES string of the molecule is COc1ccc(OC)c([C@H]2CCCN2C(=O)Cn2ncc(=O)c3ccccc32)c1. The second-order valence-corrected chi connectivity index (χ2v) is 7.04. The van der Waals surface area contributed by atoms with Crippen LogP contribution in [0.25, 0.3) is 10.9 Å². The second-order valence-electron chi connectivity index (χ2n) is 7.04. The van der Waals surface area contributed by atoms with Crippen molar-refractivity contribution in [2.45, 2.75) is 25.4 Å². The molecule has 4 rings (SSSR count). The fourth-order valence-corrected chi connectivity index (χ4v) is 3.99. The van der Waals surface area contributed by atoms with E-state index in [1.54, 1.807) is 25.0 Å². The van der Waals surface area contributed by atoms with Gasteiger partial charge < -0.3 is 14.4 Å². The second kappa shape index (κ2) is 7.95. The normalized spacial score (nSPS) is 16.2. The quantitative estimate of drug-likeness (QED) is 0.666. The van der Waals surface area contributed by atoms with Crippen molar-refractivity contribution in [1.29, 1.82) is 0 Å². The summed E-state index contributed by atoms with van der Waals surface area (Å²) in [6.45, 7) is 0.742. The van der Waals surface area contributed by atoms with Gasteiger partial charge in [0, 0.05) is 17.5 Å². The highest BCUT2D eigenvalue weighted by molar-refractivity contribution is 5.82. The average Bonchev–Trinajstić information content (AvgIpc) is 3.25. The first-order valence-corrected chi connectivity index (χ1v) is 9.58. The Morgan fingerprint density at radius 3 is 2.79 bits per heavy atom. The van der Waals surface area contributed by atoms with E-state index < -0.39 is 0 Å². The van der Waals surface area contributed by atoms with Crippen molar-refractivity contribution in [3.05, 3.63) is 64.4 Å². The number of hydrogen-bond donors (Lipinski definition) is 0. The highest BCUT2D eigenvalue weighted by Gasteiger charge is 2.32. The lowest BCUT2D eigenvalue weighted by molar-refractivity contribution is -0.132. The molecule has 3 aromatic rings. The Morgan fingerprint density at radius 2 is 2.00 bits per heavy atom. The summed E-state index contributed by atoms with van der Waals surface area (Å²) in [6, 6.07) is 12.8. The smallest absolute Gasteiger partial charge is 0.244 e. The van der Waals surface area contributed by atoms with Crippen LogP contribution < -0.4 is 14.9 Å². The monoisotopic (exact) mass is 393 g/mol. The number of aromatic nitrogens is 2. The van der Waals surface area contributed by atoms with E-state index >= 15 is 0 Å². The summed E-state index contributed by atoms with van der Waals surface area (Å²) in [5.74, 6) is 1.43. The topological polar surface area (TPSA) is 73.7 Å². The van der Waals surface area contributed by atoms with Gasteiger partial charge in [0.2, 0.25) is 11.3 Å². The van der Waals surface area contributed by atoms with Crippen molar-refractivity contribution in [2.24, 2.45) is 0 Å². The van der Waals surface area contributed by atoms with Crippen LogP contribution in [0.2, 0.25) is 0 Å². The summed E-state index contributed by atoms with van der Waals surface area (Å²) >= 11 is 0. The zero-order valence-electron chi connectivity index (χ0n) is 16.5. The number of amides is 1. The molecule has 0 saturated carbocycles. The number of methoxy groups -OCH3 is 2. The van der Waals surface area contributed by atoms with Gasteiger partial charge in [-0.1, -0.05) is 12.1 Å². The average molecular weight is 393 g/mol. The third kappa shape index (κ3) is 3.55. The van der Waals surface area contributed by atoms with Crippen molar-refractivity contribution < 1.29 is 14.3 Å². The van der Waals surface area contributed by atoms with Crippen LogP contribution >= 0.6 is 0 Å². The lowest BCUT2D eigenvalue weighted by Crippen LogP contribution is -2.34. The van der Waals surface area contributed by atoms with Crippen molar-refractivity contribution in [1.82, 2.24) is 14.7 Å². The van der Waals surface area contributed by atoms with E-state index in [9.17, 15) is 9.59 Å². The van der Waals surface area contributed by atoms with Crippen LogP contribution in [0.3, 0.4) is 0 Å². The van der Waals surface area contributed by atoms with Crippen LogP contribution in [0, 0.1) is 0 Å². The van der Waals surface area contributed by atoms with Gasteiger partial charge in [-0.3, -0.25) is 14.3 Å². The number of para-hydroxylation sites is 1. The standard InChI is InChI=1S/C22H23N3O4/c1-28-15-9-10-21(29-2)17(12-15)18-8-5-11-24(18)22(27)14-25-19-7-4-3-6-16(19)20(26)13-23-25/h3-4,6-7,9-10,12-13,18H,5,8,11,14H2,1-2H3/t18-/m1/s1. The molecule has 1 aromatic heterocycles. The van der Waals surface area contributed by atoms with Gasteiger partial charge in [-0.15, -0.1) is 0 Å². The zero-order chi connectivity index (χ0) is 20.4. The third-order valence-electron chi connectivity index (χ3n) is 5.42. The summed E-state index contributed by atoms with van der Waals surface area (Å²) in [5, 5.41) is 4.75. The van der Waals surface area contributed by atoms with Crippen LogP contribution in [-0.4, -0.2) is 41.4 Å². The summed E-state index contributed by atoms with van der Waals surface area (Å²) in [6.07, 6.45) is 3.03. The number of hydrogen-bond acceptors (Lipinski definition) is 5. The van der Waals surface area contributed by atoms with Crippen LogP contribution in [-0.2, 0) is 11.3 Å². The summed E-state index contributed by atoms with van der Waals surface area (Å²) in [4.78, 5) is 27.1. The molecule has 0 bridgehead atoms. The Balaban J connectivity index is 1.65. The zero-order valence-corrected chi connectivity index (χ0v) is 16.5. The van der Waals surface area contributed by atoms with Crippen LogP contribution in [0.1, 0.15) is 24.4 Å². The summed E-state index contributed by atoms with van der Waals surface area (Å²) < 4.78 is 12.5. The van der Waals surface area contributed by atoms with Crippen molar-refractivity contribution in [3.63, 3.8) is 0 Å². The Kier molecular flexibility index (Phi) is 5.20. The molecule has 150 valence electrons. The van der Waals surface area contributed by atoms with E-state index in [0.717, 1.165) is 29.9 Å². The Labute approximate surface area is 168 Å². The molecule has 1 aliphatic rings. The summed E-state index contributed by atoms with van der Waals surface area (Å²) in [5.41, 5.74) is 1.45. The third-order valence-corrected chi connectivity index (χ3v) is 5.42. The molecule has 1 atom stereocenters. The molecule has 2 heterocycles. The Bertz CT molecular complexity index is 1110. The highest BCUT2D eigenvalue weighted by atomic mass is 16.5. The van der Waals surface area contributed by atoms with E-state index in [1.165, 1.54) is 6.20 Å². The van der Waals surface area contributed by atoms with Crippen LogP contribution in [0.5, 0.6) is 11.5 Å². The predicted molar refractivity (Wildman–Crippen MR) is 109 cm³/mol. The first kappa shape index (κ1) is 19.0. The van der Waals surface area contributed by atoms with E-state index in [4.69, 9.17) is 9.47 Å². The van der Waals surface area contributed by atoms with Crippen molar-refractivity contribution in [2.75, 3.05) is 20.8 Å². The molecule has 0 unspecified atom stereocenters. The van der Waals surface area contributed by atoms with Gasteiger partial charge in [0.05, 0.1) is 32.0 Å². The lowest BCUT2D eigenvalue weighted by Gasteiger charge is -2.27. The van der Waals surface area contributed by atoms with Gasteiger partial charge in [-0.2, -0.15) is 5.10 Å². The van der Waals surface area contributed by atoms with E-state index in [2.05, 4.69) is 5.10 Å². The number of likely N-dealkylation sites (tertiary alicyclic amines) is 1. The van der Waals surface area contributed by atoms with Crippen LogP contribution in [0.4, 0.5) is 0 Å². The largest absolute Gasteiger partial charge is 0.497 e. The number of rotatable bonds is 5. The van der Waals surface area contributed by atoms with E-state index in [0.29, 0.717) is 17.4 Å². The molecule has 0 aliphatic carbocycles. The minimum atomic E-state index is -0.149. The molecule has 0 N–H and O–H groups in total. The van der Waals surface area contributed by atoms with Crippen molar-refractivity contribution >= 4 is 16.8 Å². The molecule has 29 heavy (non-hydrogen) atoms. The molecular weight excluding hydrogens is 370 g/mol. The fourth-order valence-electron chi connectivity index (χ4n) is 3.99. The number of ether oxygens (including phenoxy) is 2. The first-order valence-electron chi connectivity index (χ1n) is 9.58. The molecule has 7 nitrogen and oxygen atoms in total. The van der Waals surface area contributed by atoms with Crippen LogP contribution in [0.15, 0.2) is 53.5 Å².